The van der Waals surface area contributed by atoms with Gasteiger partial charge in [0.05, 0.1) is 16.2 Å². The fourth-order valence-electron chi connectivity index (χ4n) is 2.23. The normalized spacial score (nSPS) is 10.8. The van der Waals surface area contributed by atoms with Crippen molar-refractivity contribution < 1.29 is 0 Å². The summed E-state index contributed by atoms with van der Waals surface area (Å²) in [5, 5.41) is 3.42. The van der Waals surface area contributed by atoms with E-state index in [2.05, 4.69) is 44.4 Å². The molecule has 0 aliphatic rings. The molecule has 122 valence electrons. The molecule has 24 heavy (non-hydrogen) atoms. The van der Waals surface area contributed by atoms with Gasteiger partial charge in [-0.3, -0.25) is 9.38 Å². The van der Waals surface area contributed by atoms with Crippen molar-refractivity contribution in [3.8, 4) is 0 Å². The van der Waals surface area contributed by atoms with Gasteiger partial charge >= 0.3 is 0 Å². The average Bonchev–Trinajstić information content (AvgIpc) is 2.94. The molecule has 0 spiro atoms. The molecule has 4 nitrogen and oxygen atoms in total. The second-order valence-corrected chi connectivity index (χ2v) is 7.69. The summed E-state index contributed by atoms with van der Waals surface area (Å²) in [6.07, 6.45) is 7.33. The van der Waals surface area contributed by atoms with Gasteiger partial charge in [-0.25, -0.2) is 4.98 Å². The molecule has 0 unspecified atom stereocenters. The largest absolute Gasteiger partial charge is 0.378 e. The van der Waals surface area contributed by atoms with Crippen LogP contribution < -0.4 is 5.32 Å². The molecular formula is C17H14BrClN4S. The number of nitrogens with one attached hydrogen (secondary N) is 1. The second-order valence-electron chi connectivity index (χ2n) is 5.01. The highest BCUT2D eigenvalue weighted by Gasteiger charge is 2.11. The summed E-state index contributed by atoms with van der Waals surface area (Å²) in [5.41, 5.74) is 3.77. The summed E-state index contributed by atoms with van der Waals surface area (Å²) in [4.78, 5) is 9.40. The lowest BCUT2D eigenvalue weighted by atomic mass is 10.2. The van der Waals surface area contributed by atoms with E-state index in [0.29, 0.717) is 10.9 Å². The highest BCUT2D eigenvalue weighted by Crippen LogP contribution is 2.35. The van der Waals surface area contributed by atoms with Crippen LogP contribution in [-0.4, -0.2) is 14.4 Å². The number of pyridine rings is 2. The van der Waals surface area contributed by atoms with Gasteiger partial charge in [0.2, 0.25) is 0 Å². The Morgan fingerprint density at radius 3 is 2.92 bits per heavy atom. The molecule has 0 aromatic carbocycles. The van der Waals surface area contributed by atoms with Crippen molar-refractivity contribution in [3.05, 3.63) is 76.2 Å². The lowest BCUT2D eigenvalue weighted by Crippen LogP contribution is -2.03. The smallest absolute Gasteiger partial charge is 0.161 e. The number of imidazole rings is 1. The molecule has 0 aliphatic heterocycles. The van der Waals surface area contributed by atoms with Gasteiger partial charge in [-0.05, 0) is 33.6 Å². The van der Waals surface area contributed by atoms with E-state index in [1.54, 1.807) is 12.4 Å². The van der Waals surface area contributed by atoms with Crippen molar-refractivity contribution in [1.29, 1.82) is 0 Å². The molecule has 1 N–H and O–H groups in total. The molecule has 0 saturated heterocycles. The molecular weight excluding hydrogens is 408 g/mol. The van der Waals surface area contributed by atoms with Crippen molar-refractivity contribution in [1.82, 2.24) is 14.4 Å². The summed E-state index contributed by atoms with van der Waals surface area (Å²) in [5.74, 6) is 0. The zero-order valence-corrected chi connectivity index (χ0v) is 15.8. The minimum Gasteiger partial charge on any atom is -0.378 e. The number of aromatic nitrogens is 3. The third kappa shape index (κ3) is 3.83. The number of fused-ring (bicyclic) bond motifs is 1. The Labute approximate surface area is 157 Å². The minimum absolute atomic E-state index is 0.481. The fourth-order valence-corrected chi connectivity index (χ4v) is 3.38. The van der Waals surface area contributed by atoms with E-state index in [4.69, 9.17) is 11.6 Å². The van der Waals surface area contributed by atoms with Crippen LogP contribution in [0, 0.1) is 0 Å². The maximum absolute atomic E-state index is 5.89. The van der Waals surface area contributed by atoms with Crippen LogP contribution in [0.15, 0.2) is 65.1 Å². The van der Waals surface area contributed by atoms with Gasteiger partial charge in [0, 0.05) is 35.6 Å². The van der Waals surface area contributed by atoms with Gasteiger partial charge < -0.3 is 5.32 Å². The molecule has 0 saturated carbocycles. The van der Waals surface area contributed by atoms with Crippen LogP contribution in [0.1, 0.15) is 11.1 Å². The topological polar surface area (TPSA) is 42.2 Å². The molecule has 3 rings (SSSR count). The monoisotopic (exact) mass is 420 g/mol. The van der Waals surface area contributed by atoms with Crippen molar-refractivity contribution in [2.24, 2.45) is 0 Å². The SMILES string of the molecule is C=C(Cl)SC(=C)c1cc(NCc2cccnc2)c2ncc(Br)n2c1. The predicted molar refractivity (Wildman–Crippen MR) is 106 cm³/mol. The first-order valence-electron chi connectivity index (χ1n) is 7.05. The van der Waals surface area contributed by atoms with Gasteiger partial charge in [-0.15, -0.1) is 0 Å². The van der Waals surface area contributed by atoms with E-state index >= 15 is 0 Å². The van der Waals surface area contributed by atoms with E-state index in [0.717, 1.165) is 32.0 Å². The molecule has 0 radical (unpaired) electrons. The van der Waals surface area contributed by atoms with Crippen molar-refractivity contribution in [3.63, 3.8) is 0 Å². The van der Waals surface area contributed by atoms with E-state index in [1.807, 2.05) is 35.0 Å². The van der Waals surface area contributed by atoms with Crippen molar-refractivity contribution in [2.75, 3.05) is 5.32 Å². The Bertz CT molecular complexity index is 908. The number of nitrogens with zero attached hydrogens (tertiary/aromatic N) is 3. The van der Waals surface area contributed by atoms with Gasteiger partial charge in [0.25, 0.3) is 0 Å². The van der Waals surface area contributed by atoms with Crippen LogP contribution in [0.25, 0.3) is 10.6 Å². The van der Waals surface area contributed by atoms with Gasteiger partial charge in [0.15, 0.2) is 5.65 Å². The Morgan fingerprint density at radius 2 is 2.21 bits per heavy atom. The summed E-state index contributed by atoms with van der Waals surface area (Å²) < 4.78 is 3.31. The second kappa shape index (κ2) is 7.42. The standard InChI is InChI=1S/C17H14BrClN4S/c1-11(24-12(2)19)14-6-15(17-22-9-16(18)23(17)10-14)21-8-13-4-3-5-20-7-13/h3-7,9-10,21H,1-2,8H2. The van der Waals surface area contributed by atoms with Crippen molar-refractivity contribution >= 4 is 55.5 Å². The lowest BCUT2D eigenvalue weighted by Gasteiger charge is -2.12. The zero-order chi connectivity index (χ0) is 17.1. The number of hydrogen-bond acceptors (Lipinski definition) is 4. The van der Waals surface area contributed by atoms with Crippen LogP contribution in [0.4, 0.5) is 5.69 Å². The molecule has 0 atom stereocenters. The Kier molecular flexibility index (Phi) is 5.28. The highest BCUT2D eigenvalue weighted by atomic mass is 79.9. The van der Waals surface area contributed by atoms with E-state index in [1.165, 1.54) is 11.8 Å². The van der Waals surface area contributed by atoms with Crippen LogP contribution in [0.5, 0.6) is 0 Å². The first-order chi connectivity index (χ1) is 11.5. The van der Waals surface area contributed by atoms with E-state index in [-0.39, 0.29) is 0 Å². The summed E-state index contributed by atoms with van der Waals surface area (Å²) in [7, 11) is 0. The van der Waals surface area contributed by atoms with Crippen molar-refractivity contribution in [2.45, 2.75) is 6.54 Å². The maximum Gasteiger partial charge on any atom is 0.161 e. The fraction of sp³-hybridized carbons (Fsp3) is 0.0588. The maximum atomic E-state index is 5.89. The average molecular weight is 422 g/mol. The molecule has 0 aliphatic carbocycles. The third-order valence-corrected chi connectivity index (χ3v) is 4.84. The predicted octanol–water partition coefficient (Wildman–Crippen LogP) is 5.52. The Hall–Kier alpha value is -1.76. The van der Waals surface area contributed by atoms with Crippen LogP contribution in [0.3, 0.4) is 0 Å². The number of hydrogen-bond donors (Lipinski definition) is 1. The summed E-state index contributed by atoms with van der Waals surface area (Å²) >= 11 is 10.7. The molecule has 3 aromatic rings. The summed E-state index contributed by atoms with van der Waals surface area (Å²) in [6, 6.07) is 5.95. The molecule has 0 fully saturated rings. The minimum atomic E-state index is 0.481. The molecule has 3 aromatic heterocycles. The molecule has 7 heteroatoms. The van der Waals surface area contributed by atoms with Crippen LogP contribution >= 0.6 is 39.3 Å². The zero-order valence-electron chi connectivity index (χ0n) is 12.7. The summed E-state index contributed by atoms with van der Waals surface area (Å²) in [6.45, 7) is 8.43. The Morgan fingerprint density at radius 1 is 1.38 bits per heavy atom. The third-order valence-electron chi connectivity index (χ3n) is 3.32. The molecule has 3 heterocycles. The first kappa shape index (κ1) is 17.1. The van der Waals surface area contributed by atoms with Crippen LogP contribution in [0.2, 0.25) is 0 Å². The number of anilines is 1. The van der Waals surface area contributed by atoms with Gasteiger partial charge in [-0.1, -0.05) is 42.6 Å². The molecule has 0 bridgehead atoms. The first-order valence-corrected chi connectivity index (χ1v) is 9.04. The van der Waals surface area contributed by atoms with E-state index < -0.39 is 0 Å². The van der Waals surface area contributed by atoms with E-state index in [9.17, 15) is 0 Å². The number of halogens is 2. The van der Waals surface area contributed by atoms with Crippen LogP contribution in [-0.2, 0) is 6.54 Å². The molecule has 0 amide bonds. The van der Waals surface area contributed by atoms with Gasteiger partial charge in [-0.2, -0.15) is 0 Å². The Balaban J connectivity index is 1.95. The number of thioether (sulfide) groups is 1. The van der Waals surface area contributed by atoms with Gasteiger partial charge in [0.1, 0.15) is 4.60 Å². The number of rotatable bonds is 6. The lowest BCUT2D eigenvalue weighted by molar-refractivity contribution is 1.09. The quantitative estimate of drug-likeness (QED) is 0.569. The highest BCUT2D eigenvalue weighted by molar-refractivity contribution is 9.10.